The molecule has 0 saturated heterocycles. The fraction of sp³-hybridized carbons (Fsp3) is 0.571. The van der Waals surface area contributed by atoms with Crippen molar-refractivity contribution >= 4 is 11.4 Å². The van der Waals surface area contributed by atoms with Crippen LogP contribution >= 0.6 is 0 Å². The lowest BCUT2D eigenvalue weighted by molar-refractivity contribution is -0.386. The third-order valence-electron chi connectivity index (χ3n) is 4.28. The van der Waals surface area contributed by atoms with Gasteiger partial charge in [-0.2, -0.15) is 4.39 Å². The zero-order chi connectivity index (χ0) is 14.8. The zero-order valence-corrected chi connectivity index (χ0v) is 11.4. The van der Waals surface area contributed by atoms with Crippen LogP contribution in [0, 0.1) is 27.2 Å². The minimum absolute atomic E-state index is 0.0766. The average molecular weight is 284 g/mol. The molecule has 4 nitrogen and oxygen atoms in total. The van der Waals surface area contributed by atoms with E-state index >= 15 is 0 Å². The number of hydrogen-bond donors (Lipinski definition) is 1. The number of halogens is 2. The molecule has 0 spiro atoms. The maximum atomic E-state index is 13.5. The summed E-state index contributed by atoms with van der Waals surface area (Å²) in [6, 6.07) is 1.52. The van der Waals surface area contributed by atoms with Crippen molar-refractivity contribution in [3.63, 3.8) is 0 Å². The molecule has 0 aromatic heterocycles. The maximum absolute atomic E-state index is 13.5. The van der Waals surface area contributed by atoms with Gasteiger partial charge in [0.15, 0.2) is 0 Å². The molecular weight excluding hydrogens is 266 g/mol. The van der Waals surface area contributed by atoms with E-state index in [1.54, 1.807) is 0 Å². The third kappa shape index (κ3) is 2.89. The first-order chi connectivity index (χ1) is 9.47. The molecule has 0 heterocycles. The summed E-state index contributed by atoms with van der Waals surface area (Å²) < 4.78 is 26.8. The van der Waals surface area contributed by atoms with Gasteiger partial charge in [-0.1, -0.05) is 19.8 Å². The molecule has 1 aliphatic carbocycles. The quantitative estimate of drug-likeness (QED) is 0.649. The highest BCUT2D eigenvalue weighted by atomic mass is 19.1. The Balaban J connectivity index is 2.22. The average Bonchev–Trinajstić information content (AvgIpc) is 2.84. The molecule has 1 saturated carbocycles. The smallest absolute Gasteiger partial charge is 0.327 e. The third-order valence-corrected chi connectivity index (χ3v) is 4.28. The summed E-state index contributed by atoms with van der Waals surface area (Å²) in [6.07, 6.45) is 5.31. The van der Waals surface area contributed by atoms with Gasteiger partial charge in [0.2, 0.25) is 5.82 Å². The summed E-state index contributed by atoms with van der Waals surface area (Å²) in [5.74, 6) is -1.96. The lowest BCUT2D eigenvalue weighted by Crippen LogP contribution is -2.26. The van der Waals surface area contributed by atoms with Crippen molar-refractivity contribution in [1.29, 1.82) is 0 Å². The van der Waals surface area contributed by atoms with Gasteiger partial charge in [0.25, 0.3) is 0 Å². The first-order valence-electron chi connectivity index (χ1n) is 6.85. The number of benzene rings is 1. The normalized spacial score (nSPS) is 17.1. The largest absolute Gasteiger partial charge is 0.379 e. The second kappa shape index (κ2) is 5.73. The zero-order valence-electron chi connectivity index (χ0n) is 11.4. The molecule has 0 amide bonds. The second-order valence-electron chi connectivity index (χ2n) is 5.46. The Labute approximate surface area is 116 Å². The highest BCUT2D eigenvalue weighted by Gasteiger charge is 2.32. The van der Waals surface area contributed by atoms with E-state index in [1.165, 1.54) is 0 Å². The molecule has 1 N–H and O–H groups in total. The SMILES string of the molecule is CCC1(CNc2cc(F)cc(F)c2[N+](=O)[O-])CCCC1. The molecular formula is C14H18F2N2O2. The predicted octanol–water partition coefficient (Wildman–Crippen LogP) is 4.26. The van der Waals surface area contributed by atoms with Crippen LogP contribution < -0.4 is 5.32 Å². The number of nitrogens with one attached hydrogen (secondary N) is 1. The molecule has 110 valence electrons. The van der Waals surface area contributed by atoms with Gasteiger partial charge in [-0.15, -0.1) is 0 Å². The van der Waals surface area contributed by atoms with Crippen molar-refractivity contribution in [3.8, 4) is 0 Å². The minimum atomic E-state index is -1.14. The Morgan fingerprint density at radius 1 is 1.35 bits per heavy atom. The Bertz CT molecular complexity index is 514. The fourth-order valence-electron chi connectivity index (χ4n) is 2.95. The van der Waals surface area contributed by atoms with Gasteiger partial charge in [-0.25, -0.2) is 4.39 Å². The van der Waals surface area contributed by atoms with Gasteiger partial charge >= 0.3 is 5.69 Å². The van der Waals surface area contributed by atoms with Crippen LogP contribution in [0.15, 0.2) is 12.1 Å². The van der Waals surface area contributed by atoms with Crippen LogP contribution in [0.3, 0.4) is 0 Å². The molecule has 1 aromatic carbocycles. The predicted molar refractivity (Wildman–Crippen MR) is 72.7 cm³/mol. The molecule has 0 atom stereocenters. The first-order valence-corrected chi connectivity index (χ1v) is 6.85. The molecule has 0 radical (unpaired) electrons. The molecule has 1 aromatic rings. The Kier molecular flexibility index (Phi) is 4.20. The van der Waals surface area contributed by atoms with E-state index < -0.39 is 22.2 Å². The van der Waals surface area contributed by atoms with E-state index in [2.05, 4.69) is 12.2 Å². The van der Waals surface area contributed by atoms with Gasteiger partial charge in [-0.05, 0) is 24.7 Å². The standard InChI is InChI=1S/C14H18F2N2O2/c1-2-14(5-3-4-6-14)9-17-12-8-10(15)7-11(16)13(12)18(19)20/h7-8,17H,2-6,9H2,1H3. The number of nitro benzene ring substituents is 1. The van der Waals surface area contributed by atoms with Crippen molar-refractivity contribution in [2.24, 2.45) is 5.41 Å². The highest BCUT2D eigenvalue weighted by Crippen LogP contribution is 2.41. The van der Waals surface area contributed by atoms with Crippen LogP contribution in [0.4, 0.5) is 20.2 Å². The van der Waals surface area contributed by atoms with Crippen molar-refractivity contribution in [1.82, 2.24) is 0 Å². The van der Waals surface area contributed by atoms with Crippen LogP contribution in [0.5, 0.6) is 0 Å². The van der Waals surface area contributed by atoms with Crippen molar-refractivity contribution < 1.29 is 13.7 Å². The van der Waals surface area contributed by atoms with E-state index in [4.69, 9.17) is 0 Å². The number of rotatable bonds is 5. The Morgan fingerprint density at radius 3 is 2.55 bits per heavy atom. The summed E-state index contributed by atoms with van der Waals surface area (Å²) >= 11 is 0. The maximum Gasteiger partial charge on any atom is 0.327 e. The number of anilines is 1. The van der Waals surface area contributed by atoms with Gasteiger partial charge in [-0.3, -0.25) is 10.1 Å². The topological polar surface area (TPSA) is 55.2 Å². The van der Waals surface area contributed by atoms with Gasteiger partial charge in [0.1, 0.15) is 11.5 Å². The molecule has 1 aliphatic rings. The Hall–Kier alpha value is -1.72. The summed E-state index contributed by atoms with van der Waals surface area (Å²) in [6.45, 7) is 2.58. The monoisotopic (exact) mass is 284 g/mol. The summed E-state index contributed by atoms with van der Waals surface area (Å²) in [5.41, 5.74) is -0.681. The first kappa shape index (κ1) is 14.7. The molecule has 0 bridgehead atoms. The summed E-state index contributed by atoms with van der Waals surface area (Å²) in [4.78, 5) is 10.1. The molecule has 0 unspecified atom stereocenters. The van der Waals surface area contributed by atoms with Gasteiger partial charge in [0, 0.05) is 18.7 Å². The van der Waals surface area contributed by atoms with Crippen LogP contribution in [0.1, 0.15) is 39.0 Å². The number of nitro groups is 1. The Morgan fingerprint density at radius 2 is 2.00 bits per heavy atom. The van der Waals surface area contributed by atoms with Crippen molar-refractivity contribution in [3.05, 3.63) is 33.9 Å². The lowest BCUT2D eigenvalue weighted by Gasteiger charge is -2.28. The van der Waals surface area contributed by atoms with E-state index in [9.17, 15) is 18.9 Å². The van der Waals surface area contributed by atoms with E-state index in [0.717, 1.165) is 38.2 Å². The highest BCUT2D eigenvalue weighted by molar-refractivity contribution is 5.62. The van der Waals surface area contributed by atoms with Crippen LogP contribution in [0.25, 0.3) is 0 Å². The minimum Gasteiger partial charge on any atom is -0.379 e. The summed E-state index contributed by atoms with van der Waals surface area (Å²) in [5, 5.41) is 13.8. The van der Waals surface area contributed by atoms with Crippen molar-refractivity contribution in [2.45, 2.75) is 39.0 Å². The number of hydrogen-bond acceptors (Lipinski definition) is 3. The summed E-state index contributed by atoms with van der Waals surface area (Å²) in [7, 11) is 0. The lowest BCUT2D eigenvalue weighted by atomic mass is 9.83. The van der Waals surface area contributed by atoms with Crippen molar-refractivity contribution in [2.75, 3.05) is 11.9 Å². The fourth-order valence-corrected chi connectivity index (χ4v) is 2.95. The molecule has 1 fully saturated rings. The molecule has 20 heavy (non-hydrogen) atoms. The van der Waals surface area contributed by atoms with E-state index in [-0.39, 0.29) is 11.1 Å². The van der Waals surface area contributed by atoms with Gasteiger partial charge < -0.3 is 5.32 Å². The van der Waals surface area contributed by atoms with E-state index in [0.29, 0.717) is 12.6 Å². The van der Waals surface area contributed by atoms with Gasteiger partial charge in [0.05, 0.1) is 4.92 Å². The molecule has 0 aliphatic heterocycles. The van der Waals surface area contributed by atoms with Crippen LogP contribution in [-0.4, -0.2) is 11.5 Å². The second-order valence-corrected chi connectivity index (χ2v) is 5.46. The van der Waals surface area contributed by atoms with E-state index in [1.807, 2.05) is 0 Å². The van der Waals surface area contributed by atoms with Crippen LogP contribution in [0.2, 0.25) is 0 Å². The molecule has 6 heteroatoms. The molecule has 2 rings (SSSR count). The van der Waals surface area contributed by atoms with Crippen LogP contribution in [-0.2, 0) is 0 Å². The number of nitrogens with zero attached hydrogens (tertiary/aromatic N) is 1.